The summed E-state index contributed by atoms with van der Waals surface area (Å²) in [5.74, 6) is 1.06. The van der Waals surface area contributed by atoms with Crippen molar-refractivity contribution in [2.75, 3.05) is 24.5 Å². The number of hydrogen-bond donors (Lipinski definition) is 2. The Morgan fingerprint density at radius 2 is 2.00 bits per heavy atom. The van der Waals surface area contributed by atoms with E-state index in [1.165, 1.54) is 5.56 Å². The summed E-state index contributed by atoms with van der Waals surface area (Å²) >= 11 is 0. The number of benzene rings is 1. The fourth-order valence-electron chi connectivity index (χ4n) is 4.27. The number of amides is 1. The predicted molar refractivity (Wildman–Crippen MR) is 121 cm³/mol. The molecule has 1 aromatic heterocycles. The van der Waals surface area contributed by atoms with Crippen molar-refractivity contribution in [3.8, 4) is 6.07 Å². The topological polar surface area (TPSA) is 108 Å². The molecule has 0 unspecified atom stereocenters. The lowest BCUT2D eigenvalue weighted by atomic mass is 9.85. The molecule has 0 saturated carbocycles. The zero-order valence-electron chi connectivity index (χ0n) is 18.4. The highest BCUT2D eigenvalue weighted by molar-refractivity contribution is 5.87. The Balaban J connectivity index is 1.71. The lowest BCUT2D eigenvalue weighted by Gasteiger charge is -2.33. The molecule has 2 aromatic rings. The van der Waals surface area contributed by atoms with Crippen LogP contribution in [0.2, 0.25) is 0 Å². The van der Waals surface area contributed by atoms with Crippen LogP contribution in [0, 0.1) is 23.2 Å². The largest absolute Gasteiger partial charge is 0.341 e. The van der Waals surface area contributed by atoms with Gasteiger partial charge in [0.2, 0.25) is 11.9 Å². The van der Waals surface area contributed by atoms with Gasteiger partial charge >= 0.3 is 0 Å². The molecular formula is C24H32N6O. The third-order valence-corrected chi connectivity index (χ3v) is 5.83. The number of hydrogen-bond acceptors (Lipinski definition) is 6. The molecular weight excluding hydrogens is 388 g/mol. The second kappa shape index (κ2) is 10.4. The molecule has 31 heavy (non-hydrogen) atoms. The van der Waals surface area contributed by atoms with Crippen molar-refractivity contribution >= 4 is 11.9 Å². The number of nitrogens with two attached hydrogens (primary N) is 1. The standard InChI is InChI=1S/C24H32N6O/c1-18(2)17-24(26,22(31)27-13-11-25)21-8-12-28-23(29-21)30-14-9-20(10-15-30)16-19-6-4-3-5-7-19/h3-8,12,18,20H,9-10,13-17,26H2,1-2H3,(H,27,31)/t24-/m1/s1. The van der Waals surface area contributed by atoms with Crippen LogP contribution in [0.1, 0.15) is 44.4 Å². The van der Waals surface area contributed by atoms with Crippen molar-refractivity contribution < 1.29 is 4.79 Å². The van der Waals surface area contributed by atoms with Gasteiger partial charge in [0.25, 0.3) is 0 Å². The number of nitrogens with one attached hydrogen (secondary N) is 1. The van der Waals surface area contributed by atoms with E-state index in [1.54, 1.807) is 12.3 Å². The Kier molecular flexibility index (Phi) is 7.59. The van der Waals surface area contributed by atoms with E-state index in [2.05, 4.69) is 39.5 Å². The number of piperidine rings is 1. The maximum Gasteiger partial charge on any atom is 0.247 e. The summed E-state index contributed by atoms with van der Waals surface area (Å²) < 4.78 is 0. The van der Waals surface area contributed by atoms with Crippen molar-refractivity contribution in [1.29, 1.82) is 5.26 Å². The van der Waals surface area contributed by atoms with E-state index in [4.69, 9.17) is 16.0 Å². The molecule has 2 heterocycles. The Morgan fingerprint density at radius 3 is 2.65 bits per heavy atom. The molecule has 1 atom stereocenters. The van der Waals surface area contributed by atoms with E-state index in [0.29, 0.717) is 24.0 Å². The maximum absolute atomic E-state index is 12.8. The summed E-state index contributed by atoms with van der Waals surface area (Å²) in [5, 5.41) is 11.4. The first-order chi connectivity index (χ1) is 14.9. The minimum Gasteiger partial charge on any atom is -0.341 e. The Morgan fingerprint density at radius 1 is 1.29 bits per heavy atom. The molecule has 1 amide bonds. The van der Waals surface area contributed by atoms with Gasteiger partial charge in [-0.1, -0.05) is 44.2 Å². The van der Waals surface area contributed by atoms with Crippen LogP contribution < -0.4 is 16.0 Å². The van der Waals surface area contributed by atoms with Gasteiger partial charge < -0.3 is 16.0 Å². The van der Waals surface area contributed by atoms with Crippen LogP contribution in [0.5, 0.6) is 0 Å². The Bertz CT molecular complexity index is 902. The molecule has 0 radical (unpaired) electrons. The smallest absolute Gasteiger partial charge is 0.247 e. The Labute approximate surface area is 184 Å². The van der Waals surface area contributed by atoms with Crippen LogP contribution in [0.15, 0.2) is 42.6 Å². The normalized spacial score (nSPS) is 16.5. The summed E-state index contributed by atoms with van der Waals surface area (Å²) in [7, 11) is 0. The van der Waals surface area contributed by atoms with Crippen LogP contribution in [0.3, 0.4) is 0 Å². The summed E-state index contributed by atoms with van der Waals surface area (Å²) in [6, 6.07) is 14.2. The van der Waals surface area contributed by atoms with Crippen molar-refractivity contribution in [3.63, 3.8) is 0 Å². The van der Waals surface area contributed by atoms with Crippen LogP contribution in [-0.4, -0.2) is 35.5 Å². The van der Waals surface area contributed by atoms with Crippen molar-refractivity contribution in [3.05, 3.63) is 53.9 Å². The summed E-state index contributed by atoms with van der Waals surface area (Å²) in [6.45, 7) is 5.70. The molecule has 0 bridgehead atoms. The molecule has 7 heteroatoms. The number of aromatic nitrogens is 2. The lowest BCUT2D eigenvalue weighted by Crippen LogP contribution is -2.53. The molecule has 7 nitrogen and oxygen atoms in total. The number of carbonyl (C=O) groups excluding carboxylic acids is 1. The van der Waals surface area contributed by atoms with Gasteiger partial charge in [0, 0.05) is 19.3 Å². The summed E-state index contributed by atoms with van der Waals surface area (Å²) in [5.41, 5.74) is 7.16. The molecule has 3 rings (SSSR count). The molecule has 164 valence electrons. The minimum atomic E-state index is -1.30. The summed E-state index contributed by atoms with van der Waals surface area (Å²) in [6.07, 6.45) is 5.35. The first-order valence-corrected chi connectivity index (χ1v) is 11.0. The molecule has 0 aliphatic carbocycles. The highest BCUT2D eigenvalue weighted by Gasteiger charge is 2.38. The molecule has 1 aromatic carbocycles. The second-order valence-corrected chi connectivity index (χ2v) is 8.77. The third-order valence-electron chi connectivity index (χ3n) is 5.83. The van der Waals surface area contributed by atoms with E-state index >= 15 is 0 Å². The van der Waals surface area contributed by atoms with Crippen LogP contribution in [0.25, 0.3) is 0 Å². The molecule has 0 spiro atoms. The van der Waals surface area contributed by atoms with Gasteiger partial charge in [-0.25, -0.2) is 9.97 Å². The van der Waals surface area contributed by atoms with E-state index < -0.39 is 5.54 Å². The van der Waals surface area contributed by atoms with Crippen molar-refractivity contribution in [2.45, 2.75) is 45.1 Å². The van der Waals surface area contributed by atoms with Gasteiger partial charge in [0.15, 0.2) is 0 Å². The third kappa shape index (κ3) is 5.80. The zero-order valence-corrected chi connectivity index (χ0v) is 18.4. The quantitative estimate of drug-likeness (QED) is 0.636. The van der Waals surface area contributed by atoms with Gasteiger partial charge in [0.1, 0.15) is 12.1 Å². The highest BCUT2D eigenvalue weighted by atomic mass is 16.2. The predicted octanol–water partition coefficient (Wildman–Crippen LogP) is 2.78. The zero-order chi connectivity index (χ0) is 22.3. The van der Waals surface area contributed by atoms with Crippen LogP contribution in [0.4, 0.5) is 5.95 Å². The van der Waals surface area contributed by atoms with Gasteiger partial charge in [-0.05, 0) is 49.1 Å². The fraction of sp³-hybridized carbons (Fsp3) is 0.500. The maximum atomic E-state index is 12.8. The van der Waals surface area contributed by atoms with Crippen LogP contribution >= 0.6 is 0 Å². The van der Waals surface area contributed by atoms with Crippen molar-refractivity contribution in [1.82, 2.24) is 15.3 Å². The number of nitriles is 1. The molecule has 1 aliphatic heterocycles. The van der Waals surface area contributed by atoms with Crippen LogP contribution in [-0.2, 0) is 16.8 Å². The van der Waals surface area contributed by atoms with E-state index in [0.717, 1.165) is 32.4 Å². The number of anilines is 1. The van der Waals surface area contributed by atoms with E-state index in [9.17, 15) is 4.79 Å². The van der Waals surface area contributed by atoms with E-state index in [-0.39, 0.29) is 18.4 Å². The van der Waals surface area contributed by atoms with Gasteiger partial charge in [-0.3, -0.25) is 4.79 Å². The average molecular weight is 421 g/mol. The lowest BCUT2D eigenvalue weighted by molar-refractivity contribution is -0.127. The first-order valence-electron chi connectivity index (χ1n) is 11.0. The average Bonchev–Trinajstić information content (AvgIpc) is 2.78. The minimum absolute atomic E-state index is 0.0806. The second-order valence-electron chi connectivity index (χ2n) is 8.77. The number of carbonyl (C=O) groups is 1. The Hall–Kier alpha value is -2.98. The molecule has 3 N–H and O–H groups in total. The fourth-order valence-corrected chi connectivity index (χ4v) is 4.27. The summed E-state index contributed by atoms with van der Waals surface area (Å²) in [4.78, 5) is 24.1. The molecule has 1 fully saturated rings. The number of rotatable bonds is 8. The molecule has 1 saturated heterocycles. The van der Waals surface area contributed by atoms with Crippen molar-refractivity contribution in [2.24, 2.45) is 17.6 Å². The first kappa shape index (κ1) is 22.7. The highest BCUT2D eigenvalue weighted by Crippen LogP contribution is 2.28. The number of nitrogens with zero attached hydrogens (tertiary/aromatic N) is 4. The van der Waals surface area contributed by atoms with Gasteiger partial charge in [-0.15, -0.1) is 0 Å². The van der Waals surface area contributed by atoms with E-state index in [1.807, 2.05) is 26.0 Å². The van der Waals surface area contributed by atoms with Gasteiger partial charge in [-0.2, -0.15) is 5.26 Å². The van der Waals surface area contributed by atoms with Gasteiger partial charge in [0.05, 0.1) is 11.8 Å². The monoisotopic (exact) mass is 420 g/mol. The SMILES string of the molecule is CC(C)C[C@](N)(C(=O)NCC#N)c1ccnc(N2CCC(Cc3ccccc3)CC2)n1. The molecule has 1 aliphatic rings.